The predicted molar refractivity (Wildman–Crippen MR) is 48.6 cm³/mol. The average Bonchev–Trinajstić information content (AvgIpc) is 2.32. The first-order valence-corrected chi connectivity index (χ1v) is 4.49. The molecule has 1 fully saturated rings. The molecule has 1 heterocycles. The number of amides is 1. The van der Waals surface area contributed by atoms with Crippen LogP contribution in [0.3, 0.4) is 0 Å². The van der Waals surface area contributed by atoms with Gasteiger partial charge in [-0.25, -0.2) is 0 Å². The van der Waals surface area contributed by atoms with Gasteiger partial charge in [-0.1, -0.05) is 6.92 Å². The van der Waals surface area contributed by atoms with E-state index in [0.717, 1.165) is 19.5 Å². The lowest BCUT2D eigenvalue weighted by Gasteiger charge is -2.25. The van der Waals surface area contributed by atoms with E-state index in [1.54, 1.807) is 13.8 Å². The third-order valence-corrected chi connectivity index (χ3v) is 2.26. The van der Waals surface area contributed by atoms with Crippen molar-refractivity contribution in [2.75, 3.05) is 13.1 Å². The normalized spacial score (nSPS) is 24.7. The van der Waals surface area contributed by atoms with Gasteiger partial charge < -0.3 is 10.6 Å². The monoisotopic (exact) mass is 170 g/mol. The Morgan fingerprint density at radius 3 is 2.50 bits per heavy atom. The fraction of sp³-hybridized carbons (Fsp3) is 0.889. The predicted octanol–water partition coefficient (Wildman–Crippen LogP) is 0.592. The Labute approximate surface area is 73.9 Å². The molecule has 1 unspecified atom stereocenters. The Kier molecular flexibility index (Phi) is 2.42. The van der Waals surface area contributed by atoms with Crippen molar-refractivity contribution in [2.24, 2.45) is 11.7 Å². The smallest absolute Gasteiger partial charge is 0.242 e. The molecule has 3 nitrogen and oxygen atoms in total. The summed E-state index contributed by atoms with van der Waals surface area (Å²) in [6.45, 7) is 7.44. The van der Waals surface area contributed by atoms with Crippen LogP contribution in [-0.2, 0) is 4.79 Å². The molecule has 1 saturated heterocycles. The summed E-state index contributed by atoms with van der Waals surface area (Å²) < 4.78 is 0. The molecule has 1 amide bonds. The Morgan fingerprint density at radius 2 is 2.17 bits per heavy atom. The van der Waals surface area contributed by atoms with Crippen LogP contribution in [0.1, 0.15) is 27.2 Å². The molecule has 1 aliphatic heterocycles. The zero-order valence-corrected chi connectivity index (χ0v) is 8.13. The average molecular weight is 170 g/mol. The molecule has 0 aromatic heterocycles. The first kappa shape index (κ1) is 9.52. The van der Waals surface area contributed by atoms with Gasteiger partial charge in [-0.2, -0.15) is 0 Å². The van der Waals surface area contributed by atoms with E-state index >= 15 is 0 Å². The van der Waals surface area contributed by atoms with E-state index in [1.165, 1.54) is 0 Å². The zero-order chi connectivity index (χ0) is 9.35. The number of nitrogens with zero attached hydrogens (tertiary/aromatic N) is 1. The topological polar surface area (TPSA) is 46.3 Å². The molecule has 1 aliphatic rings. The second-order valence-electron chi connectivity index (χ2n) is 4.37. The molecule has 0 saturated carbocycles. The van der Waals surface area contributed by atoms with Crippen molar-refractivity contribution in [3.05, 3.63) is 0 Å². The fourth-order valence-corrected chi connectivity index (χ4v) is 1.53. The molecule has 0 spiro atoms. The second-order valence-corrected chi connectivity index (χ2v) is 4.37. The van der Waals surface area contributed by atoms with Gasteiger partial charge in [-0.3, -0.25) is 4.79 Å². The van der Waals surface area contributed by atoms with Crippen LogP contribution in [0.15, 0.2) is 0 Å². The number of carbonyl (C=O) groups is 1. The summed E-state index contributed by atoms with van der Waals surface area (Å²) in [7, 11) is 0. The molecular formula is C9H18N2O. The summed E-state index contributed by atoms with van der Waals surface area (Å²) in [5.74, 6) is 0.711. The summed E-state index contributed by atoms with van der Waals surface area (Å²) >= 11 is 0. The van der Waals surface area contributed by atoms with E-state index < -0.39 is 5.54 Å². The lowest BCUT2D eigenvalue weighted by Crippen LogP contribution is -2.50. The lowest BCUT2D eigenvalue weighted by molar-refractivity contribution is -0.134. The Bertz CT molecular complexity index is 183. The van der Waals surface area contributed by atoms with Crippen LogP contribution in [0.25, 0.3) is 0 Å². The van der Waals surface area contributed by atoms with Crippen molar-refractivity contribution in [3.8, 4) is 0 Å². The van der Waals surface area contributed by atoms with Gasteiger partial charge in [0.2, 0.25) is 5.91 Å². The molecule has 1 rings (SSSR count). The van der Waals surface area contributed by atoms with Gasteiger partial charge in [-0.15, -0.1) is 0 Å². The summed E-state index contributed by atoms with van der Waals surface area (Å²) in [6, 6.07) is 0. The van der Waals surface area contributed by atoms with E-state index in [9.17, 15) is 4.79 Å². The third-order valence-electron chi connectivity index (χ3n) is 2.26. The second kappa shape index (κ2) is 3.05. The van der Waals surface area contributed by atoms with Gasteiger partial charge >= 0.3 is 0 Å². The number of hydrogen-bond donors (Lipinski definition) is 1. The number of nitrogens with two attached hydrogens (primary N) is 1. The van der Waals surface area contributed by atoms with Crippen molar-refractivity contribution in [1.82, 2.24) is 4.90 Å². The van der Waals surface area contributed by atoms with Gasteiger partial charge in [0.1, 0.15) is 0 Å². The number of hydrogen-bond acceptors (Lipinski definition) is 2. The van der Waals surface area contributed by atoms with Gasteiger partial charge in [-0.05, 0) is 26.2 Å². The van der Waals surface area contributed by atoms with Crippen LogP contribution < -0.4 is 5.73 Å². The maximum Gasteiger partial charge on any atom is 0.242 e. The van der Waals surface area contributed by atoms with E-state index in [2.05, 4.69) is 6.92 Å². The number of rotatable bonds is 1. The lowest BCUT2D eigenvalue weighted by atomic mass is 10.1. The molecule has 0 bridgehead atoms. The van der Waals surface area contributed by atoms with Crippen LogP contribution in [0.5, 0.6) is 0 Å². The van der Waals surface area contributed by atoms with Gasteiger partial charge in [0.05, 0.1) is 5.54 Å². The van der Waals surface area contributed by atoms with E-state index in [-0.39, 0.29) is 5.91 Å². The molecule has 3 heteroatoms. The first-order valence-electron chi connectivity index (χ1n) is 4.49. The molecule has 0 aromatic carbocycles. The number of carbonyl (C=O) groups excluding carboxylic acids is 1. The maximum atomic E-state index is 11.6. The van der Waals surface area contributed by atoms with Crippen molar-refractivity contribution < 1.29 is 4.79 Å². The minimum absolute atomic E-state index is 0.0758. The minimum atomic E-state index is -0.704. The van der Waals surface area contributed by atoms with Crippen LogP contribution in [0, 0.1) is 5.92 Å². The summed E-state index contributed by atoms with van der Waals surface area (Å²) in [5.41, 5.74) is 5.01. The van der Waals surface area contributed by atoms with Gasteiger partial charge in [0.15, 0.2) is 0 Å². The highest BCUT2D eigenvalue weighted by atomic mass is 16.2. The van der Waals surface area contributed by atoms with Crippen molar-refractivity contribution in [1.29, 1.82) is 0 Å². The molecule has 12 heavy (non-hydrogen) atoms. The van der Waals surface area contributed by atoms with Crippen molar-refractivity contribution >= 4 is 5.91 Å². The molecule has 70 valence electrons. The van der Waals surface area contributed by atoms with Gasteiger partial charge in [0.25, 0.3) is 0 Å². The molecule has 0 aliphatic carbocycles. The standard InChI is InChI=1S/C9H18N2O/c1-7-4-5-11(6-7)8(12)9(2,3)10/h7H,4-6,10H2,1-3H3. The van der Waals surface area contributed by atoms with Crippen LogP contribution >= 0.6 is 0 Å². The quantitative estimate of drug-likeness (QED) is 0.626. The maximum absolute atomic E-state index is 11.6. The highest BCUT2D eigenvalue weighted by Gasteiger charge is 2.31. The largest absolute Gasteiger partial charge is 0.341 e. The molecule has 2 N–H and O–H groups in total. The van der Waals surface area contributed by atoms with E-state index in [1.807, 2.05) is 4.90 Å². The fourth-order valence-electron chi connectivity index (χ4n) is 1.53. The van der Waals surface area contributed by atoms with Gasteiger partial charge in [0, 0.05) is 13.1 Å². The first-order chi connectivity index (χ1) is 5.41. The third kappa shape index (κ3) is 1.97. The molecular weight excluding hydrogens is 152 g/mol. The Balaban J connectivity index is 2.55. The molecule has 0 aromatic rings. The molecule has 1 atom stereocenters. The molecule has 0 radical (unpaired) electrons. The minimum Gasteiger partial charge on any atom is -0.341 e. The highest BCUT2D eigenvalue weighted by Crippen LogP contribution is 2.17. The van der Waals surface area contributed by atoms with Crippen LogP contribution in [0.2, 0.25) is 0 Å². The zero-order valence-electron chi connectivity index (χ0n) is 8.13. The van der Waals surface area contributed by atoms with Crippen molar-refractivity contribution in [2.45, 2.75) is 32.7 Å². The van der Waals surface area contributed by atoms with E-state index in [0.29, 0.717) is 5.92 Å². The SMILES string of the molecule is CC1CCN(C(=O)C(C)(C)N)C1. The summed E-state index contributed by atoms with van der Waals surface area (Å²) in [5, 5.41) is 0. The highest BCUT2D eigenvalue weighted by molar-refractivity contribution is 5.85. The Hall–Kier alpha value is -0.570. The number of likely N-dealkylation sites (tertiary alicyclic amines) is 1. The Morgan fingerprint density at radius 1 is 1.58 bits per heavy atom. The van der Waals surface area contributed by atoms with Crippen LogP contribution in [0.4, 0.5) is 0 Å². The summed E-state index contributed by atoms with van der Waals surface area (Å²) in [6.07, 6.45) is 1.11. The summed E-state index contributed by atoms with van der Waals surface area (Å²) in [4.78, 5) is 13.5. The van der Waals surface area contributed by atoms with Crippen LogP contribution in [-0.4, -0.2) is 29.4 Å². The van der Waals surface area contributed by atoms with Crippen molar-refractivity contribution in [3.63, 3.8) is 0 Å². The van der Waals surface area contributed by atoms with E-state index in [4.69, 9.17) is 5.73 Å².